The fourth-order valence-corrected chi connectivity index (χ4v) is 17.9. The van der Waals surface area contributed by atoms with Crippen molar-refractivity contribution < 1.29 is 116 Å². The number of rotatable bonds is 24. The molecule has 4 heterocycles. The number of likely N-dealkylation sites (tertiary alicyclic amines) is 4. The molecule has 0 bridgehead atoms. The van der Waals surface area contributed by atoms with E-state index in [1.807, 2.05) is 101 Å². The number of carbonyl (C=O) groups excluding carboxylic acids is 8. The first-order chi connectivity index (χ1) is 49.3. The van der Waals surface area contributed by atoms with Gasteiger partial charge in [-0.05, 0) is 73.6 Å². The van der Waals surface area contributed by atoms with Gasteiger partial charge >= 0.3 is 23.9 Å². The van der Waals surface area contributed by atoms with E-state index < -0.39 is 70.2 Å². The number of hydrogen-bond acceptors (Lipinski definition) is 20. The lowest BCUT2D eigenvalue weighted by atomic mass is 9.80. The van der Waals surface area contributed by atoms with Crippen molar-refractivity contribution in [2.24, 2.45) is 23.7 Å². The number of nitrogens with zero attached hydrogens (tertiary/aromatic N) is 4. The van der Waals surface area contributed by atoms with Gasteiger partial charge in [0.05, 0.1) is 78.2 Å². The highest BCUT2D eigenvalue weighted by Gasteiger charge is 2.54. The lowest BCUT2D eigenvalue weighted by molar-refractivity contribution is -0.893. The molecule has 4 saturated carbocycles. The summed E-state index contributed by atoms with van der Waals surface area (Å²) in [6.07, 6.45) is 15.1. The van der Waals surface area contributed by atoms with Gasteiger partial charge in [0, 0.05) is 49.4 Å². The van der Waals surface area contributed by atoms with E-state index >= 15 is 0 Å². The molecule has 568 valence electrons. The van der Waals surface area contributed by atoms with Gasteiger partial charge in [0.2, 0.25) is 0 Å². The Morgan fingerprint density at radius 2 is 0.471 bits per heavy atom. The van der Waals surface area contributed by atoms with E-state index in [-0.39, 0.29) is 92.2 Å². The topological polar surface area (TPSA) is 347 Å². The molecule has 0 aromatic heterocycles. The quantitative estimate of drug-likeness (QED) is 0.0444. The molecule has 8 aliphatic rings. The molecule has 12 atom stereocenters. The Hall–Kier alpha value is -7.68. The molecule has 4 aliphatic carbocycles. The van der Waals surface area contributed by atoms with Crippen LogP contribution in [-0.2, 0) is 79.7 Å². The Bertz CT molecular complexity index is 3090. The zero-order valence-electron chi connectivity index (χ0n) is 60.9. The Morgan fingerprint density at radius 1 is 0.308 bits per heavy atom. The predicted molar refractivity (Wildman–Crippen MR) is 370 cm³/mol. The molecule has 0 unspecified atom stereocenters. The van der Waals surface area contributed by atoms with Crippen molar-refractivity contribution in [3.05, 3.63) is 144 Å². The van der Waals surface area contributed by atoms with Crippen LogP contribution in [0.2, 0.25) is 0 Å². The van der Waals surface area contributed by atoms with Crippen LogP contribution in [0, 0.1) is 23.7 Å². The molecule has 24 heteroatoms. The predicted octanol–water partition coefficient (Wildman–Crippen LogP) is 2.31. The van der Waals surface area contributed by atoms with Gasteiger partial charge in [-0.2, -0.15) is 0 Å². The number of likely N-dealkylation sites (N-methyl/N-ethyl adjacent to an activating group) is 4. The average Bonchev–Trinajstić information content (AvgIpc) is 1.30. The summed E-state index contributed by atoms with van der Waals surface area (Å²) < 4.78 is 24.0. The molecular formula is C80H108N4O20. The fourth-order valence-electron chi connectivity index (χ4n) is 17.9. The van der Waals surface area contributed by atoms with Crippen molar-refractivity contribution >= 4 is 47.8 Å². The number of carbonyl (C=O) groups is 8. The average molecular weight is 1450 g/mol. The summed E-state index contributed by atoms with van der Waals surface area (Å²) in [6.45, 7) is 3.75. The first-order valence-corrected chi connectivity index (χ1v) is 37.4. The summed E-state index contributed by atoms with van der Waals surface area (Å²) in [5.74, 6) is -7.46. The molecule has 4 saturated heterocycles. The summed E-state index contributed by atoms with van der Waals surface area (Å²) in [5.41, 5.74) is -4.28. The van der Waals surface area contributed by atoms with E-state index in [2.05, 4.69) is 0 Å². The van der Waals surface area contributed by atoms with Crippen molar-refractivity contribution in [1.82, 2.24) is 0 Å². The van der Waals surface area contributed by atoms with Crippen molar-refractivity contribution in [3.63, 3.8) is 0 Å². The van der Waals surface area contributed by atoms with Crippen molar-refractivity contribution in [1.29, 1.82) is 0 Å². The van der Waals surface area contributed by atoms with E-state index in [0.717, 1.165) is 103 Å². The van der Waals surface area contributed by atoms with Crippen LogP contribution in [0.1, 0.15) is 151 Å². The minimum atomic E-state index is -1.64. The Balaban J connectivity index is 0.000000161. The van der Waals surface area contributed by atoms with Crippen LogP contribution in [0.5, 0.6) is 0 Å². The van der Waals surface area contributed by atoms with Gasteiger partial charge in [0.1, 0.15) is 52.4 Å². The van der Waals surface area contributed by atoms with E-state index in [1.54, 1.807) is 48.5 Å². The van der Waals surface area contributed by atoms with Crippen LogP contribution in [0.15, 0.2) is 121 Å². The van der Waals surface area contributed by atoms with Crippen LogP contribution in [-0.4, -0.2) is 217 Å². The number of ether oxygens (including phenoxy) is 4. The van der Waals surface area contributed by atoms with Crippen LogP contribution in [0.4, 0.5) is 0 Å². The normalized spacial score (nSPS) is 28.6. The SMILES string of the molecule is C[N@+]1(CC(=O)[O-])CC[C@@H](OC(=O)[C@](O)(c2ccccc2)C2CCCC2)C1.C[N@+]1(CC(=O)[O-])CC[C@H](OC(=O)[C@@](O)(c2ccccc2)C2CCCC2)C1.C[N@@+]1(CC(=O)[O-])CC[C@@H](OC(=O)[C@](O)(c2ccccc2)C2CCCC2)C1.C[N@@+]1(CC(=O)[O-])CC[C@H](OC(=O)[C@@](O)(c2ccccc2)C2CCCC2)C1. The number of esters is 4. The minimum absolute atomic E-state index is 0.0976. The van der Waals surface area contributed by atoms with Crippen molar-refractivity contribution in [3.8, 4) is 0 Å². The molecule has 0 spiro atoms. The van der Waals surface area contributed by atoms with Gasteiger partial charge in [0.15, 0.2) is 46.8 Å². The largest absolute Gasteiger partial charge is 0.544 e. The standard InChI is InChI=1S/4C20H27NO5/c4*1-21(14-18(22)23)12-11-17(13-21)26-19(24)20(25,16-9-5-6-10-16)15-7-3-2-4-8-15/h4*2-4,7-8,16-17,25H,5-6,9-14H2,1H3/t2*17-,20+,21+;2*17-,20+,21-/m1010/s1. The fraction of sp³-hybridized carbons (Fsp3) is 0.600. The van der Waals surface area contributed by atoms with E-state index in [9.17, 15) is 79.2 Å². The highest BCUT2D eigenvalue weighted by atomic mass is 16.6. The number of hydrogen-bond donors (Lipinski definition) is 4. The number of aliphatic hydroxyl groups is 4. The Kier molecular flexibility index (Phi) is 26.8. The molecule has 24 nitrogen and oxygen atoms in total. The van der Waals surface area contributed by atoms with Crippen LogP contribution in [0.25, 0.3) is 0 Å². The summed E-state index contributed by atoms with van der Waals surface area (Å²) in [4.78, 5) is 95.9. The van der Waals surface area contributed by atoms with E-state index in [4.69, 9.17) is 18.9 Å². The molecule has 4 aliphatic heterocycles. The second-order valence-electron chi connectivity index (χ2n) is 31.9. The second-order valence-corrected chi connectivity index (χ2v) is 31.9. The summed E-state index contributed by atoms with van der Waals surface area (Å²) >= 11 is 0. The lowest BCUT2D eigenvalue weighted by Gasteiger charge is -2.33. The molecule has 0 radical (unpaired) electrons. The van der Waals surface area contributed by atoms with Gasteiger partial charge in [-0.1, -0.05) is 173 Å². The number of benzene rings is 4. The zero-order valence-corrected chi connectivity index (χ0v) is 60.9. The molecule has 104 heavy (non-hydrogen) atoms. The van der Waals surface area contributed by atoms with Crippen LogP contribution < -0.4 is 20.4 Å². The van der Waals surface area contributed by atoms with Gasteiger partial charge in [-0.15, -0.1) is 0 Å². The Morgan fingerprint density at radius 3 is 0.625 bits per heavy atom. The van der Waals surface area contributed by atoms with Gasteiger partial charge in [0.25, 0.3) is 0 Å². The third-order valence-electron chi connectivity index (χ3n) is 23.6. The molecule has 8 fully saturated rings. The summed E-state index contributed by atoms with van der Waals surface area (Å²) in [5, 5.41) is 89.3. The zero-order chi connectivity index (χ0) is 75.1. The van der Waals surface area contributed by atoms with Crippen LogP contribution in [0.3, 0.4) is 0 Å². The first-order valence-electron chi connectivity index (χ1n) is 37.4. The third kappa shape index (κ3) is 19.7. The maximum absolute atomic E-state index is 13.0. The number of quaternary nitrogens is 4. The highest BCUT2D eigenvalue weighted by Crippen LogP contribution is 2.46. The van der Waals surface area contributed by atoms with E-state index in [0.29, 0.717) is 100 Å². The first kappa shape index (κ1) is 80.4. The second kappa shape index (κ2) is 34.7. The molecule has 12 rings (SSSR count). The number of carboxylic acids is 4. The number of carboxylic acid groups (broad SMARTS) is 4. The molecular weight excluding hydrogens is 1340 g/mol. The maximum Gasteiger partial charge on any atom is 0.343 e. The third-order valence-corrected chi connectivity index (χ3v) is 23.6. The van der Waals surface area contributed by atoms with Crippen molar-refractivity contribution in [2.75, 3.05) is 107 Å². The van der Waals surface area contributed by atoms with Gasteiger partial charge in [-0.25, -0.2) is 19.2 Å². The minimum Gasteiger partial charge on any atom is -0.544 e. The molecule has 4 aromatic carbocycles. The molecule has 4 aromatic rings. The smallest absolute Gasteiger partial charge is 0.343 e. The number of aliphatic carboxylic acids is 4. The Labute approximate surface area is 610 Å². The highest BCUT2D eigenvalue weighted by molar-refractivity contribution is 5.84. The summed E-state index contributed by atoms with van der Waals surface area (Å²) in [7, 11) is 7.29. The van der Waals surface area contributed by atoms with E-state index in [1.165, 1.54) is 0 Å². The van der Waals surface area contributed by atoms with Gasteiger partial charge in [-0.3, -0.25) is 0 Å². The maximum atomic E-state index is 13.0. The van der Waals surface area contributed by atoms with Crippen molar-refractivity contribution in [2.45, 2.75) is 175 Å². The summed E-state index contributed by atoms with van der Waals surface area (Å²) in [6, 6.07) is 36.0. The van der Waals surface area contributed by atoms with Crippen LogP contribution >= 0.6 is 0 Å². The molecule has 0 amide bonds. The molecule has 4 N–H and O–H groups in total. The monoisotopic (exact) mass is 1440 g/mol. The van der Waals surface area contributed by atoms with Gasteiger partial charge < -0.3 is 96.9 Å². The lowest BCUT2D eigenvalue weighted by Crippen LogP contribution is -2.51.